The molecule has 20 heavy (non-hydrogen) atoms. The van der Waals surface area contributed by atoms with Crippen LogP contribution in [0.1, 0.15) is 24.2 Å². The highest BCUT2D eigenvalue weighted by molar-refractivity contribution is 5.99. The molecule has 0 aliphatic rings. The van der Waals surface area contributed by atoms with Crippen LogP contribution in [0.5, 0.6) is 0 Å². The average Bonchev–Trinajstić information content (AvgIpc) is 2.38. The fourth-order valence-corrected chi connectivity index (χ4v) is 1.33. The monoisotopic (exact) mass is 284 g/mol. The molecule has 0 aromatic heterocycles. The smallest absolute Gasteiger partial charge is 0.337 e. The van der Waals surface area contributed by atoms with E-state index in [1.54, 1.807) is 13.8 Å². The average molecular weight is 284 g/mol. The summed E-state index contributed by atoms with van der Waals surface area (Å²) < 4.78 is 18.1. The third-order valence-corrected chi connectivity index (χ3v) is 2.69. The predicted molar refractivity (Wildman–Crippen MR) is 71.5 cm³/mol. The van der Waals surface area contributed by atoms with Crippen molar-refractivity contribution in [1.82, 2.24) is 5.32 Å². The van der Waals surface area contributed by atoms with Gasteiger partial charge in [-0.2, -0.15) is 0 Å². The van der Waals surface area contributed by atoms with Crippen LogP contribution in [0.2, 0.25) is 0 Å². The first-order valence-electron chi connectivity index (χ1n) is 5.88. The first kappa shape index (κ1) is 15.9. The van der Waals surface area contributed by atoms with Crippen LogP contribution in [0, 0.1) is 5.82 Å². The summed E-state index contributed by atoms with van der Waals surface area (Å²) in [5, 5.41) is 13.8. The van der Waals surface area contributed by atoms with Crippen molar-refractivity contribution >= 4 is 17.7 Å². The molecule has 7 heteroatoms. The molecule has 110 valence electrons. The van der Waals surface area contributed by atoms with Crippen LogP contribution in [0.3, 0.4) is 0 Å². The Morgan fingerprint density at radius 2 is 2.05 bits per heavy atom. The molecule has 0 saturated carbocycles. The number of hydrogen-bond donors (Lipinski definition) is 3. The van der Waals surface area contributed by atoms with Crippen LogP contribution in [0.25, 0.3) is 0 Å². The quantitative estimate of drug-likeness (QED) is 0.772. The Kier molecular flexibility index (Phi) is 5.04. The van der Waals surface area contributed by atoms with Crippen molar-refractivity contribution < 1.29 is 23.8 Å². The van der Waals surface area contributed by atoms with Gasteiger partial charge >= 0.3 is 12.0 Å². The van der Waals surface area contributed by atoms with Crippen molar-refractivity contribution in [3.63, 3.8) is 0 Å². The van der Waals surface area contributed by atoms with Gasteiger partial charge in [0.2, 0.25) is 0 Å². The summed E-state index contributed by atoms with van der Waals surface area (Å²) in [5.41, 5.74) is -0.840. The van der Waals surface area contributed by atoms with Crippen LogP contribution < -0.4 is 10.6 Å². The van der Waals surface area contributed by atoms with Crippen LogP contribution in [-0.2, 0) is 4.74 Å². The van der Waals surface area contributed by atoms with E-state index in [-0.39, 0.29) is 17.8 Å². The van der Waals surface area contributed by atoms with Crippen molar-refractivity contribution in [3.8, 4) is 0 Å². The van der Waals surface area contributed by atoms with E-state index < -0.39 is 23.4 Å². The number of benzene rings is 1. The molecular formula is C13H17FN2O4. The van der Waals surface area contributed by atoms with Gasteiger partial charge in [0, 0.05) is 13.7 Å². The van der Waals surface area contributed by atoms with Gasteiger partial charge in [0.1, 0.15) is 5.82 Å². The molecule has 0 bridgehead atoms. The number of amides is 2. The number of carboxylic acid groups (broad SMARTS) is 1. The summed E-state index contributed by atoms with van der Waals surface area (Å²) in [7, 11) is 1.52. The van der Waals surface area contributed by atoms with E-state index >= 15 is 0 Å². The van der Waals surface area contributed by atoms with Crippen molar-refractivity contribution in [3.05, 3.63) is 29.6 Å². The maximum Gasteiger partial charge on any atom is 0.337 e. The number of hydrogen-bond acceptors (Lipinski definition) is 3. The standard InChI is InChI=1S/C13H17FN2O4/c1-13(2,20-3)7-15-12(19)16-10-5-4-8(14)6-9(10)11(17)18/h4-6H,7H2,1-3H3,(H,17,18)(H2,15,16,19). The molecule has 6 nitrogen and oxygen atoms in total. The van der Waals surface area contributed by atoms with E-state index in [1.165, 1.54) is 13.2 Å². The second-order valence-electron chi connectivity index (χ2n) is 4.77. The van der Waals surface area contributed by atoms with Gasteiger partial charge in [-0.05, 0) is 32.0 Å². The van der Waals surface area contributed by atoms with Gasteiger partial charge in [-0.3, -0.25) is 0 Å². The summed E-state index contributed by atoms with van der Waals surface area (Å²) in [5.74, 6) is -2.01. The molecule has 1 aromatic rings. The molecule has 0 spiro atoms. The molecule has 0 radical (unpaired) electrons. The first-order valence-corrected chi connectivity index (χ1v) is 5.88. The zero-order valence-corrected chi connectivity index (χ0v) is 11.5. The lowest BCUT2D eigenvalue weighted by molar-refractivity contribution is 0.0257. The molecule has 0 saturated heterocycles. The van der Waals surface area contributed by atoms with Gasteiger partial charge in [0.25, 0.3) is 0 Å². The Hall–Kier alpha value is -2.15. The fourth-order valence-electron chi connectivity index (χ4n) is 1.33. The second kappa shape index (κ2) is 6.33. The third kappa shape index (κ3) is 4.51. The zero-order chi connectivity index (χ0) is 15.3. The second-order valence-corrected chi connectivity index (χ2v) is 4.77. The third-order valence-electron chi connectivity index (χ3n) is 2.69. The molecule has 3 N–H and O–H groups in total. The van der Waals surface area contributed by atoms with Crippen molar-refractivity contribution in [2.75, 3.05) is 19.0 Å². The van der Waals surface area contributed by atoms with Gasteiger partial charge in [0.05, 0.1) is 16.9 Å². The number of halogens is 1. The molecule has 0 unspecified atom stereocenters. The van der Waals surface area contributed by atoms with Crippen LogP contribution >= 0.6 is 0 Å². The fraction of sp³-hybridized carbons (Fsp3) is 0.385. The minimum absolute atomic E-state index is 0.0200. The number of rotatable bonds is 5. The van der Waals surface area contributed by atoms with Crippen molar-refractivity contribution in [2.24, 2.45) is 0 Å². The van der Waals surface area contributed by atoms with Crippen molar-refractivity contribution in [2.45, 2.75) is 19.4 Å². The Morgan fingerprint density at radius 3 is 2.60 bits per heavy atom. The molecule has 2 amide bonds. The maximum atomic E-state index is 13.0. The van der Waals surface area contributed by atoms with Crippen LogP contribution in [0.4, 0.5) is 14.9 Å². The molecular weight excluding hydrogens is 267 g/mol. The van der Waals surface area contributed by atoms with E-state index in [9.17, 15) is 14.0 Å². The van der Waals surface area contributed by atoms with Gasteiger partial charge in [-0.25, -0.2) is 14.0 Å². The molecule has 1 rings (SSSR count). The highest BCUT2D eigenvalue weighted by atomic mass is 19.1. The predicted octanol–water partition coefficient (Wildman–Crippen LogP) is 2.07. The lowest BCUT2D eigenvalue weighted by Gasteiger charge is -2.23. The maximum absolute atomic E-state index is 13.0. The van der Waals surface area contributed by atoms with E-state index in [2.05, 4.69) is 10.6 Å². The number of carbonyl (C=O) groups excluding carboxylic acids is 1. The van der Waals surface area contributed by atoms with Gasteiger partial charge in [-0.1, -0.05) is 0 Å². The Bertz CT molecular complexity index is 517. The van der Waals surface area contributed by atoms with Crippen LogP contribution in [-0.4, -0.2) is 36.4 Å². The van der Waals surface area contributed by atoms with Gasteiger partial charge < -0.3 is 20.5 Å². The number of nitrogens with one attached hydrogen (secondary N) is 2. The van der Waals surface area contributed by atoms with E-state index in [0.29, 0.717) is 0 Å². The van der Waals surface area contributed by atoms with Gasteiger partial charge in [0.15, 0.2) is 0 Å². The molecule has 0 atom stereocenters. The Balaban J connectivity index is 2.74. The van der Waals surface area contributed by atoms with Gasteiger partial charge in [-0.15, -0.1) is 0 Å². The summed E-state index contributed by atoms with van der Waals surface area (Å²) in [4.78, 5) is 22.6. The summed E-state index contributed by atoms with van der Waals surface area (Å²) in [6, 6.07) is 2.52. The number of carboxylic acids is 1. The number of aromatic carboxylic acids is 1. The minimum atomic E-state index is -1.32. The van der Waals surface area contributed by atoms with E-state index in [0.717, 1.165) is 12.1 Å². The number of ether oxygens (including phenoxy) is 1. The number of urea groups is 1. The van der Waals surface area contributed by atoms with E-state index in [1.807, 2.05) is 0 Å². The Labute approximate surface area is 115 Å². The molecule has 1 aromatic carbocycles. The summed E-state index contributed by atoms with van der Waals surface area (Å²) in [6.07, 6.45) is 0. The highest BCUT2D eigenvalue weighted by Crippen LogP contribution is 2.17. The van der Waals surface area contributed by atoms with Crippen molar-refractivity contribution in [1.29, 1.82) is 0 Å². The largest absolute Gasteiger partial charge is 0.478 e. The Morgan fingerprint density at radius 1 is 1.40 bits per heavy atom. The zero-order valence-electron chi connectivity index (χ0n) is 11.5. The molecule has 0 fully saturated rings. The molecule has 0 aliphatic carbocycles. The summed E-state index contributed by atoms with van der Waals surface area (Å²) in [6.45, 7) is 3.81. The first-order chi connectivity index (χ1) is 9.25. The lowest BCUT2D eigenvalue weighted by Crippen LogP contribution is -2.41. The topological polar surface area (TPSA) is 87.7 Å². The lowest BCUT2D eigenvalue weighted by atomic mass is 10.1. The highest BCUT2D eigenvalue weighted by Gasteiger charge is 2.18. The minimum Gasteiger partial charge on any atom is -0.478 e. The molecule has 0 aliphatic heterocycles. The SMILES string of the molecule is COC(C)(C)CNC(=O)Nc1ccc(F)cc1C(=O)O. The number of anilines is 1. The normalized spacial score (nSPS) is 11.0. The van der Waals surface area contributed by atoms with E-state index in [4.69, 9.17) is 9.84 Å². The van der Waals surface area contributed by atoms with Crippen LogP contribution in [0.15, 0.2) is 18.2 Å². The number of carbonyl (C=O) groups is 2. The summed E-state index contributed by atoms with van der Waals surface area (Å²) >= 11 is 0. The number of methoxy groups -OCH3 is 1. The molecule has 0 heterocycles.